The smallest absolute Gasteiger partial charge is 0.319 e. The number of nitrogens with zero attached hydrogens (tertiary/aromatic N) is 1. The van der Waals surface area contributed by atoms with Gasteiger partial charge in [-0.05, 0) is 17.5 Å². The van der Waals surface area contributed by atoms with Crippen molar-refractivity contribution in [2.75, 3.05) is 11.9 Å². The average Bonchev–Trinajstić information content (AvgIpc) is 2.11. The van der Waals surface area contributed by atoms with Gasteiger partial charge in [0.15, 0.2) is 0 Å². The lowest BCUT2D eigenvalue weighted by Gasteiger charge is -2.18. The first-order valence-electron chi connectivity index (χ1n) is 5.14. The van der Waals surface area contributed by atoms with Gasteiger partial charge >= 0.3 is 6.03 Å². The van der Waals surface area contributed by atoms with Crippen molar-refractivity contribution < 1.29 is 4.79 Å². The second kappa shape index (κ2) is 5.56. The minimum absolute atomic E-state index is 0.0326. The molecule has 0 aliphatic carbocycles. The lowest BCUT2D eigenvalue weighted by atomic mass is 9.97. The SMILES string of the molecule is CC(C)(C)CNC(=O)Nc1cc(Cl)nc(Cl)c1. The minimum Gasteiger partial charge on any atom is -0.337 e. The predicted molar refractivity (Wildman–Crippen MR) is 70.7 cm³/mol. The van der Waals surface area contributed by atoms with Crippen LogP contribution in [0.1, 0.15) is 20.8 Å². The Morgan fingerprint density at radius 3 is 2.29 bits per heavy atom. The molecule has 0 saturated carbocycles. The molecule has 1 aromatic heterocycles. The Kier molecular flexibility index (Phi) is 4.60. The first-order chi connectivity index (χ1) is 7.76. The van der Waals surface area contributed by atoms with E-state index in [1.807, 2.05) is 20.8 Å². The van der Waals surface area contributed by atoms with Crippen LogP contribution >= 0.6 is 23.2 Å². The van der Waals surface area contributed by atoms with Crippen molar-refractivity contribution in [2.24, 2.45) is 5.41 Å². The standard InChI is InChI=1S/C11H15Cl2N3O/c1-11(2,3)6-14-10(17)15-7-4-8(12)16-9(13)5-7/h4-5H,6H2,1-3H3,(H2,14,15,16,17). The molecule has 0 aliphatic heterocycles. The highest BCUT2D eigenvalue weighted by atomic mass is 35.5. The van der Waals surface area contributed by atoms with Gasteiger partial charge in [-0.25, -0.2) is 9.78 Å². The van der Waals surface area contributed by atoms with Gasteiger partial charge in [0.25, 0.3) is 0 Å². The molecular formula is C11H15Cl2N3O. The highest BCUT2D eigenvalue weighted by Crippen LogP contribution is 2.18. The quantitative estimate of drug-likeness (QED) is 0.811. The third-order valence-corrected chi connectivity index (χ3v) is 2.19. The molecule has 0 aromatic carbocycles. The van der Waals surface area contributed by atoms with Gasteiger partial charge in [0.1, 0.15) is 10.3 Å². The molecule has 0 unspecified atom stereocenters. The molecule has 0 bridgehead atoms. The normalized spacial score (nSPS) is 11.1. The molecule has 0 saturated heterocycles. The van der Waals surface area contributed by atoms with Crippen molar-refractivity contribution in [1.82, 2.24) is 10.3 Å². The lowest BCUT2D eigenvalue weighted by molar-refractivity contribution is 0.247. The van der Waals surface area contributed by atoms with Gasteiger partial charge in [-0.2, -0.15) is 0 Å². The Morgan fingerprint density at radius 1 is 1.29 bits per heavy atom. The summed E-state index contributed by atoms with van der Waals surface area (Å²) in [5.41, 5.74) is 0.548. The molecule has 6 heteroatoms. The van der Waals surface area contributed by atoms with Crippen LogP contribution in [0.2, 0.25) is 10.3 Å². The first-order valence-corrected chi connectivity index (χ1v) is 5.90. The van der Waals surface area contributed by atoms with Crippen LogP contribution in [0.4, 0.5) is 10.5 Å². The van der Waals surface area contributed by atoms with Gasteiger partial charge in [-0.3, -0.25) is 0 Å². The number of amides is 2. The van der Waals surface area contributed by atoms with Crippen molar-refractivity contribution in [2.45, 2.75) is 20.8 Å². The molecule has 94 valence electrons. The Labute approximate surface area is 111 Å². The largest absolute Gasteiger partial charge is 0.337 e. The molecular weight excluding hydrogens is 261 g/mol. The fourth-order valence-electron chi connectivity index (χ4n) is 1.06. The average molecular weight is 276 g/mol. The van der Waals surface area contributed by atoms with E-state index in [0.29, 0.717) is 12.2 Å². The van der Waals surface area contributed by atoms with E-state index in [2.05, 4.69) is 15.6 Å². The molecule has 0 aliphatic rings. The number of aromatic nitrogens is 1. The van der Waals surface area contributed by atoms with Gasteiger partial charge in [0.05, 0.1) is 0 Å². The van der Waals surface area contributed by atoms with Crippen LogP contribution in [-0.2, 0) is 0 Å². The molecule has 1 aromatic rings. The maximum Gasteiger partial charge on any atom is 0.319 e. The van der Waals surface area contributed by atoms with Crippen LogP contribution in [0.3, 0.4) is 0 Å². The van der Waals surface area contributed by atoms with Gasteiger partial charge in [-0.1, -0.05) is 44.0 Å². The number of anilines is 1. The summed E-state index contributed by atoms with van der Waals surface area (Å²) in [6.45, 7) is 6.68. The van der Waals surface area contributed by atoms with Crippen LogP contribution in [-0.4, -0.2) is 17.6 Å². The van der Waals surface area contributed by atoms with Crippen molar-refractivity contribution in [3.63, 3.8) is 0 Å². The van der Waals surface area contributed by atoms with Gasteiger partial charge in [-0.15, -0.1) is 0 Å². The highest BCUT2D eigenvalue weighted by Gasteiger charge is 2.12. The summed E-state index contributed by atoms with van der Waals surface area (Å²) in [5.74, 6) is 0. The van der Waals surface area contributed by atoms with Gasteiger partial charge < -0.3 is 10.6 Å². The Hall–Kier alpha value is -1.00. The Bertz CT molecular complexity index is 395. The number of nitrogens with one attached hydrogen (secondary N) is 2. The zero-order valence-electron chi connectivity index (χ0n) is 9.97. The number of hydrogen-bond acceptors (Lipinski definition) is 2. The van der Waals surface area contributed by atoms with E-state index in [9.17, 15) is 4.79 Å². The van der Waals surface area contributed by atoms with E-state index in [1.165, 1.54) is 12.1 Å². The molecule has 17 heavy (non-hydrogen) atoms. The Balaban J connectivity index is 2.56. The molecule has 4 nitrogen and oxygen atoms in total. The van der Waals surface area contributed by atoms with Crippen LogP contribution in [0.25, 0.3) is 0 Å². The third-order valence-electron chi connectivity index (χ3n) is 1.80. The molecule has 0 radical (unpaired) electrons. The summed E-state index contributed by atoms with van der Waals surface area (Å²) >= 11 is 11.4. The zero-order valence-corrected chi connectivity index (χ0v) is 11.5. The summed E-state index contributed by atoms with van der Waals surface area (Å²) in [4.78, 5) is 15.3. The van der Waals surface area contributed by atoms with E-state index in [-0.39, 0.29) is 21.8 Å². The van der Waals surface area contributed by atoms with Gasteiger partial charge in [0, 0.05) is 12.2 Å². The van der Waals surface area contributed by atoms with E-state index < -0.39 is 0 Å². The third kappa shape index (κ3) is 5.75. The zero-order chi connectivity index (χ0) is 13.1. The molecule has 0 fully saturated rings. The van der Waals surface area contributed by atoms with E-state index in [4.69, 9.17) is 23.2 Å². The molecule has 2 N–H and O–H groups in total. The second-order valence-electron chi connectivity index (χ2n) is 4.87. The van der Waals surface area contributed by atoms with Crippen LogP contribution in [0.5, 0.6) is 0 Å². The summed E-state index contributed by atoms with van der Waals surface area (Å²) in [6.07, 6.45) is 0. The monoisotopic (exact) mass is 275 g/mol. The van der Waals surface area contributed by atoms with Crippen molar-refractivity contribution >= 4 is 34.9 Å². The first kappa shape index (κ1) is 14.1. The van der Waals surface area contributed by atoms with Crippen LogP contribution in [0.15, 0.2) is 12.1 Å². The van der Waals surface area contributed by atoms with Crippen molar-refractivity contribution in [1.29, 1.82) is 0 Å². The maximum absolute atomic E-state index is 11.6. The topological polar surface area (TPSA) is 54.0 Å². The van der Waals surface area contributed by atoms with Gasteiger partial charge in [0.2, 0.25) is 0 Å². The fraction of sp³-hybridized carbons (Fsp3) is 0.455. The molecule has 0 atom stereocenters. The number of rotatable bonds is 2. The van der Waals surface area contributed by atoms with E-state index in [0.717, 1.165) is 0 Å². The Morgan fingerprint density at radius 2 is 1.82 bits per heavy atom. The van der Waals surface area contributed by atoms with Crippen LogP contribution < -0.4 is 10.6 Å². The number of halogens is 2. The minimum atomic E-state index is -0.293. The summed E-state index contributed by atoms with van der Waals surface area (Å²) in [7, 11) is 0. The highest BCUT2D eigenvalue weighted by molar-refractivity contribution is 6.32. The van der Waals surface area contributed by atoms with Crippen molar-refractivity contribution in [3.8, 4) is 0 Å². The van der Waals surface area contributed by atoms with Crippen LogP contribution in [0, 0.1) is 5.41 Å². The fourth-order valence-corrected chi connectivity index (χ4v) is 1.52. The van der Waals surface area contributed by atoms with Crippen molar-refractivity contribution in [3.05, 3.63) is 22.4 Å². The summed E-state index contributed by atoms with van der Waals surface area (Å²) < 4.78 is 0. The number of pyridine rings is 1. The predicted octanol–water partition coefficient (Wildman–Crippen LogP) is 3.56. The number of urea groups is 1. The molecule has 0 spiro atoms. The summed E-state index contributed by atoms with van der Waals surface area (Å²) in [6, 6.07) is 2.77. The number of carbonyl (C=O) groups is 1. The second-order valence-corrected chi connectivity index (χ2v) is 5.64. The molecule has 1 rings (SSSR count). The maximum atomic E-state index is 11.6. The van der Waals surface area contributed by atoms with E-state index >= 15 is 0 Å². The number of carbonyl (C=O) groups excluding carboxylic acids is 1. The number of hydrogen-bond donors (Lipinski definition) is 2. The summed E-state index contributed by atoms with van der Waals surface area (Å²) in [5, 5.41) is 5.87. The van der Waals surface area contributed by atoms with E-state index in [1.54, 1.807) is 0 Å². The lowest BCUT2D eigenvalue weighted by Crippen LogP contribution is -2.35. The molecule has 2 amide bonds. The molecule has 1 heterocycles.